The third-order valence-electron chi connectivity index (χ3n) is 2.23. The Balaban J connectivity index is 2.09. The predicted octanol–water partition coefficient (Wildman–Crippen LogP) is 4.56. The minimum absolute atomic E-state index is 0.884. The first-order chi connectivity index (χ1) is 7.95. The monoisotopic (exact) mass is 210 g/mol. The molecule has 0 radical (unpaired) electrons. The van der Waals surface area contributed by atoms with Crippen LogP contribution in [0.2, 0.25) is 0 Å². The van der Waals surface area contributed by atoms with Crippen molar-refractivity contribution in [3.05, 3.63) is 66.4 Å². The summed E-state index contributed by atoms with van der Waals surface area (Å²) in [4.78, 5) is 0. The van der Waals surface area contributed by atoms with Gasteiger partial charge >= 0.3 is 0 Å². The zero-order valence-corrected chi connectivity index (χ0v) is 9.08. The second-order valence-electron chi connectivity index (χ2n) is 3.51. The van der Waals surface area contributed by atoms with E-state index in [1.165, 1.54) is 0 Å². The van der Waals surface area contributed by atoms with Gasteiger partial charge in [0.2, 0.25) is 0 Å². The lowest BCUT2D eigenvalue weighted by Crippen LogP contribution is -1.75. The van der Waals surface area contributed by atoms with Crippen LogP contribution in [0, 0.1) is 0 Å². The first-order valence-electron chi connectivity index (χ1n) is 5.43. The van der Waals surface area contributed by atoms with E-state index in [2.05, 4.69) is 34.5 Å². The molecular weight excluding hydrogens is 196 g/mol. The highest BCUT2D eigenvalue weighted by atomic mass is 15.1. The molecule has 80 valence electrons. The number of allylic oxidation sites excluding steroid dienone is 5. The SMILES string of the molecule is C1=C\C/C=C(N=Nc2ccccc2)\C=C/C/1. The molecule has 0 saturated carbocycles. The third kappa shape index (κ3) is 3.31. The van der Waals surface area contributed by atoms with Crippen molar-refractivity contribution in [2.45, 2.75) is 12.8 Å². The first kappa shape index (κ1) is 10.6. The van der Waals surface area contributed by atoms with Gasteiger partial charge in [-0.3, -0.25) is 0 Å². The van der Waals surface area contributed by atoms with E-state index >= 15 is 0 Å². The van der Waals surface area contributed by atoms with E-state index in [-0.39, 0.29) is 0 Å². The van der Waals surface area contributed by atoms with E-state index < -0.39 is 0 Å². The van der Waals surface area contributed by atoms with Crippen molar-refractivity contribution in [1.29, 1.82) is 0 Å². The molecule has 0 atom stereocenters. The third-order valence-corrected chi connectivity index (χ3v) is 2.23. The highest BCUT2D eigenvalue weighted by Crippen LogP contribution is 2.14. The van der Waals surface area contributed by atoms with Crippen LogP contribution in [0.4, 0.5) is 5.69 Å². The number of hydrogen-bond donors (Lipinski definition) is 0. The van der Waals surface area contributed by atoms with Gasteiger partial charge in [-0.25, -0.2) is 0 Å². The molecule has 0 heterocycles. The van der Waals surface area contributed by atoms with Gasteiger partial charge in [0.1, 0.15) is 0 Å². The van der Waals surface area contributed by atoms with Crippen LogP contribution in [0.3, 0.4) is 0 Å². The number of benzene rings is 1. The molecule has 2 heteroatoms. The summed E-state index contributed by atoms with van der Waals surface area (Å²) in [7, 11) is 0. The molecule has 0 fully saturated rings. The summed E-state index contributed by atoms with van der Waals surface area (Å²) in [6.45, 7) is 0. The minimum atomic E-state index is 0.884. The Labute approximate surface area is 95.7 Å². The van der Waals surface area contributed by atoms with Gasteiger partial charge in [-0.2, -0.15) is 10.2 Å². The summed E-state index contributed by atoms with van der Waals surface area (Å²) in [5.74, 6) is 0. The average Bonchev–Trinajstić information content (AvgIpc) is 2.29. The van der Waals surface area contributed by atoms with Crippen LogP contribution in [-0.2, 0) is 0 Å². The van der Waals surface area contributed by atoms with E-state index in [0.29, 0.717) is 0 Å². The van der Waals surface area contributed by atoms with Crippen LogP contribution in [0.5, 0.6) is 0 Å². The van der Waals surface area contributed by atoms with Crippen molar-refractivity contribution in [2.75, 3.05) is 0 Å². The Morgan fingerprint density at radius 2 is 1.62 bits per heavy atom. The minimum Gasteiger partial charge on any atom is -0.151 e. The average molecular weight is 210 g/mol. The van der Waals surface area contributed by atoms with Crippen molar-refractivity contribution >= 4 is 5.69 Å². The molecule has 1 aromatic carbocycles. The molecular formula is C14H14N2. The maximum atomic E-state index is 4.22. The van der Waals surface area contributed by atoms with E-state index in [1.807, 2.05) is 36.4 Å². The molecule has 0 spiro atoms. The van der Waals surface area contributed by atoms with Crippen LogP contribution in [0.15, 0.2) is 76.6 Å². The Bertz CT molecular complexity index is 439. The lowest BCUT2D eigenvalue weighted by atomic mass is 10.2. The Hall–Kier alpha value is -1.96. The zero-order valence-electron chi connectivity index (χ0n) is 9.08. The van der Waals surface area contributed by atoms with Crippen molar-refractivity contribution in [3.8, 4) is 0 Å². The molecule has 0 amide bonds. The first-order valence-corrected chi connectivity index (χ1v) is 5.43. The van der Waals surface area contributed by atoms with Gasteiger partial charge in [0.15, 0.2) is 0 Å². The molecule has 2 nitrogen and oxygen atoms in total. The van der Waals surface area contributed by atoms with Crippen molar-refractivity contribution in [3.63, 3.8) is 0 Å². The number of rotatable bonds is 2. The van der Waals surface area contributed by atoms with Crippen LogP contribution >= 0.6 is 0 Å². The summed E-state index contributed by atoms with van der Waals surface area (Å²) < 4.78 is 0. The molecule has 16 heavy (non-hydrogen) atoms. The molecule has 0 saturated heterocycles. The molecule has 1 aliphatic rings. The second-order valence-corrected chi connectivity index (χ2v) is 3.51. The van der Waals surface area contributed by atoms with Crippen molar-refractivity contribution in [2.24, 2.45) is 10.2 Å². The standard InChI is InChI=1S/C14H14N2/c1-2-5-9-13(10-6-3-1)15-16-14-11-7-4-8-12-14/h1-2,4,6-12H,3,5H2/b2-1-,10-6-,13-9+,16-15?. The maximum Gasteiger partial charge on any atom is 0.0857 e. The van der Waals surface area contributed by atoms with Gasteiger partial charge in [-0.05, 0) is 31.1 Å². The maximum absolute atomic E-state index is 4.22. The molecule has 0 unspecified atom stereocenters. The summed E-state index contributed by atoms with van der Waals surface area (Å²) in [5.41, 5.74) is 1.81. The van der Waals surface area contributed by atoms with Gasteiger partial charge in [0.05, 0.1) is 11.4 Å². The van der Waals surface area contributed by atoms with E-state index in [0.717, 1.165) is 24.2 Å². The molecule has 0 N–H and O–H groups in total. The zero-order chi connectivity index (χ0) is 11.1. The highest BCUT2D eigenvalue weighted by Gasteiger charge is 1.91. The quantitative estimate of drug-likeness (QED) is 0.505. The topological polar surface area (TPSA) is 24.7 Å². The van der Waals surface area contributed by atoms with Gasteiger partial charge in [0, 0.05) is 0 Å². The Kier molecular flexibility index (Phi) is 3.83. The number of nitrogens with zero attached hydrogens (tertiary/aromatic N) is 2. The fraction of sp³-hybridized carbons (Fsp3) is 0.143. The molecule has 0 aliphatic heterocycles. The molecule has 1 aromatic rings. The van der Waals surface area contributed by atoms with Gasteiger partial charge in [0.25, 0.3) is 0 Å². The van der Waals surface area contributed by atoms with Crippen LogP contribution in [0.25, 0.3) is 0 Å². The number of azo groups is 1. The van der Waals surface area contributed by atoms with E-state index in [4.69, 9.17) is 0 Å². The van der Waals surface area contributed by atoms with Crippen LogP contribution in [0.1, 0.15) is 12.8 Å². The van der Waals surface area contributed by atoms with Gasteiger partial charge in [-0.1, -0.05) is 42.5 Å². The Morgan fingerprint density at radius 3 is 2.50 bits per heavy atom. The molecule has 2 rings (SSSR count). The molecule has 1 aliphatic carbocycles. The van der Waals surface area contributed by atoms with E-state index in [1.54, 1.807) is 0 Å². The number of hydrogen-bond acceptors (Lipinski definition) is 2. The fourth-order valence-corrected chi connectivity index (χ4v) is 1.40. The lowest BCUT2D eigenvalue weighted by molar-refractivity contribution is 1.13. The lowest BCUT2D eigenvalue weighted by Gasteiger charge is -1.96. The second kappa shape index (κ2) is 5.81. The largest absolute Gasteiger partial charge is 0.151 e. The Morgan fingerprint density at radius 1 is 0.812 bits per heavy atom. The highest BCUT2D eigenvalue weighted by molar-refractivity contribution is 5.35. The summed E-state index contributed by atoms with van der Waals surface area (Å²) in [6, 6.07) is 9.77. The van der Waals surface area contributed by atoms with Gasteiger partial charge < -0.3 is 0 Å². The van der Waals surface area contributed by atoms with Crippen LogP contribution in [-0.4, -0.2) is 0 Å². The van der Waals surface area contributed by atoms with Crippen molar-refractivity contribution in [1.82, 2.24) is 0 Å². The summed E-state index contributed by atoms with van der Waals surface area (Å²) in [6.07, 6.45) is 12.4. The normalized spacial score (nSPS) is 23.1. The van der Waals surface area contributed by atoms with Gasteiger partial charge in [-0.15, -0.1) is 0 Å². The summed E-state index contributed by atoms with van der Waals surface area (Å²) >= 11 is 0. The summed E-state index contributed by atoms with van der Waals surface area (Å²) in [5, 5.41) is 8.40. The van der Waals surface area contributed by atoms with Crippen molar-refractivity contribution < 1.29 is 0 Å². The smallest absolute Gasteiger partial charge is 0.0857 e. The van der Waals surface area contributed by atoms with Crippen LogP contribution < -0.4 is 0 Å². The molecule has 0 bridgehead atoms. The van der Waals surface area contributed by atoms with E-state index in [9.17, 15) is 0 Å². The fourth-order valence-electron chi connectivity index (χ4n) is 1.40. The predicted molar refractivity (Wildman–Crippen MR) is 66.6 cm³/mol. The molecule has 0 aromatic heterocycles.